The summed E-state index contributed by atoms with van der Waals surface area (Å²) in [4.78, 5) is 28.9. The van der Waals surface area contributed by atoms with Crippen molar-refractivity contribution in [1.29, 1.82) is 0 Å². The highest BCUT2D eigenvalue weighted by molar-refractivity contribution is 7.92. The summed E-state index contributed by atoms with van der Waals surface area (Å²) in [5, 5.41) is 3.13. The van der Waals surface area contributed by atoms with E-state index in [1.165, 1.54) is 36.2 Å². The molecule has 0 fully saturated rings. The van der Waals surface area contributed by atoms with Gasteiger partial charge in [0.05, 0.1) is 20.6 Å². The molecule has 1 atom stereocenters. The van der Waals surface area contributed by atoms with Gasteiger partial charge < -0.3 is 10.2 Å². The molecule has 0 saturated carbocycles. The van der Waals surface area contributed by atoms with Gasteiger partial charge in [0.25, 0.3) is 10.0 Å². The van der Waals surface area contributed by atoms with E-state index >= 15 is 0 Å². The monoisotopic (exact) mass is 643 g/mol. The highest BCUT2D eigenvalue weighted by Gasteiger charge is 2.35. The van der Waals surface area contributed by atoms with Crippen LogP contribution in [0, 0.1) is 0 Å². The lowest BCUT2D eigenvalue weighted by atomic mass is 10.0. The van der Waals surface area contributed by atoms with E-state index < -0.39 is 34.4 Å². The highest BCUT2D eigenvalue weighted by Crippen LogP contribution is 2.35. The minimum absolute atomic E-state index is 0.0265. The Morgan fingerprint density at radius 3 is 2.02 bits per heavy atom. The Morgan fingerprint density at radius 1 is 0.786 bits per heavy atom. The fourth-order valence-electron chi connectivity index (χ4n) is 4.45. The number of rotatable bonds is 11. The molecule has 4 rings (SSSR count). The fourth-order valence-corrected chi connectivity index (χ4v) is 6.54. The van der Waals surface area contributed by atoms with Gasteiger partial charge in [-0.2, -0.15) is 0 Å². The van der Waals surface area contributed by atoms with Gasteiger partial charge in [-0.1, -0.05) is 108 Å². The number of carbonyl (C=O) groups is 2. The number of carbonyl (C=O) groups excluding carboxylic acids is 2. The zero-order valence-corrected chi connectivity index (χ0v) is 25.7. The Morgan fingerprint density at radius 2 is 1.38 bits per heavy atom. The average molecular weight is 645 g/mol. The van der Waals surface area contributed by atoms with Gasteiger partial charge in [0.2, 0.25) is 11.8 Å². The number of hydrogen-bond acceptors (Lipinski definition) is 4. The molecule has 0 spiro atoms. The SMILES string of the molecule is CNC(=O)C(Cc1ccccc1)N(Cc1ccccc1Cl)C(=O)CN(c1cccc(Cl)c1Cl)S(=O)(=O)c1ccccc1. The molecule has 0 aliphatic carbocycles. The third kappa shape index (κ3) is 7.25. The number of sulfonamides is 1. The lowest BCUT2D eigenvalue weighted by molar-refractivity contribution is -0.139. The lowest BCUT2D eigenvalue weighted by Gasteiger charge is -2.34. The Balaban J connectivity index is 1.82. The van der Waals surface area contributed by atoms with Gasteiger partial charge >= 0.3 is 0 Å². The lowest BCUT2D eigenvalue weighted by Crippen LogP contribution is -2.53. The third-order valence-corrected chi connectivity index (χ3v) is 9.58. The van der Waals surface area contributed by atoms with E-state index in [-0.39, 0.29) is 33.6 Å². The van der Waals surface area contributed by atoms with Gasteiger partial charge in [0.15, 0.2) is 0 Å². The van der Waals surface area contributed by atoms with Gasteiger partial charge in [-0.05, 0) is 41.5 Å². The summed E-state index contributed by atoms with van der Waals surface area (Å²) in [6, 6.07) is 27.5. The van der Waals surface area contributed by atoms with Crippen LogP contribution in [0.2, 0.25) is 15.1 Å². The zero-order chi connectivity index (χ0) is 30.3. The van der Waals surface area contributed by atoms with Crippen LogP contribution in [0.1, 0.15) is 11.1 Å². The molecular weight excluding hydrogens is 617 g/mol. The maximum Gasteiger partial charge on any atom is 0.264 e. The van der Waals surface area contributed by atoms with E-state index in [2.05, 4.69) is 5.32 Å². The number of nitrogens with one attached hydrogen (secondary N) is 1. The molecule has 218 valence electrons. The normalized spacial score (nSPS) is 11.9. The second-order valence-electron chi connectivity index (χ2n) is 9.33. The summed E-state index contributed by atoms with van der Waals surface area (Å²) in [7, 11) is -2.81. The molecule has 0 radical (unpaired) electrons. The first-order valence-electron chi connectivity index (χ1n) is 12.9. The minimum atomic E-state index is -4.30. The Labute approximate surface area is 260 Å². The van der Waals surface area contributed by atoms with E-state index in [1.807, 2.05) is 30.3 Å². The van der Waals surface area contributed by atoms with Crippen molar-refractivity contribution in [3.63, 3.8) is 0 Å². The number of amides is 2. The van der Waals surface area contributed by atoms with Crippen LogP contribution in [-0.4, -0.2) is 44.8 Å². The van der Waals surface area contributed by atoms with Crippen molar-refractivity contribution in [2.75, 3.05) is 17.9 Å². The first-order chi connectivity index (χ1) is 20.1. The van der Waals surface area contributed by atoms with Crippen LogP contribution in [0.5, 0.6) is 0 Å². The summed E-state index contributed by atoms with van der Waals surface area (Å²) in [6.07, 6.45) is 0.181. The quantitative estimate of drug-likeness (QED) is 0.210. The molecule has 0 heterocycles. The molecule has 0 saturated heterocycles. The third-order valence-electron chi connectivity index (χ3n) is 6.63. The number of anilines is 1. The fraction of sp³-hybridized carbons (Fsp3) is 0.161. The maximum absolute atomic E-state index is 14.3. The van der Waals surface area contributed by atoms with Crippen molar-refractivity contribution in [2.24, 2.45) is 0 Å². The number of nitrogens with zero attached hydrogens (tertiary/aromatic N) is 2. The largest absolute Gasteiger partial charge is 0.357 e. The molecule has 11 heteroatoms. The van der Waals surface area contributed by atoms with Gasteiger partial charge in [-0.15, -0.1) is 0 Å². The van der Waals surface area contributed by atoms with Crippen LogP contribution in [-0.2, 0) is 32.6 Å². The Bertz CT molecular complexity index is 1650. The predicted octanol–water partition coefficient (Wildman–Crippen LogP) is 6.23. The molecular formula is C31H28Cl3N3O4S. The molecule has 7 nitrogen and oxygen atoms in total. The second kappa shape index (κ2) is 14.1. The van der Waals surface area contributed by atoms with Gasteiger partial charge in [0.1, 0.15) is 12.6 Å². The van der Waals surface area contributed by atoms with E-state index in [4.69, 9.17) is 34.8 Å². The van der Waals surface area contributed by atoms with Gasteiger partial charge in [-0.25, -0.2) is 8.42 Å². The number of halogens is 3. The maximum atomic E-state index is 14.3. The van der Waals surface area contributed by atoms with Crippen molar-refractivity contribution < 1.29 is 18.0 Å². The van der Waals surface area contributed by atoms with E-state index in [0.29, 0.717) is 10.6 Å². The number of benzene rings is 4. The number of hydrogen-bond donors (Lipinski definition) is 1. The van der Waals surface area contributed by atoms with Gasteiger partial charge in [0, 0.05) is 25.0 Å². The van der Waals surface area contributed by atoms with E-state index in [1.54, 1.807) is 48.5 Å². The average Bonchev–Trinajstić information content (AvgIpc) is 3.00. The minimum Gasteiger partial charge on any atom is -0.357 e. The molecule has 42 heavy (non-hydrogen) atoms. The van der Waals surface area contributed by atoms with Crippen LogP contribution in [0.25, 0.3) is 0 Å². The molecule has 1 unspecified atom stereocenters. The molecule has 2 amide bonds. The van der Waals surface area contributed by atoms with Crippen LogP contribution < -0.4 is 9.62 Å². The zero-order valence-electron chi connectivity index (χ0n) is 22.6. The molecule has 0 aromatic heterocycles. The standard InChI is InChI=1S/C31H28Cl3N3O4S/c1-35-31(39)28(19-22-11-4-2-5-12-22)36(20-23-13-8-9-16-25(23)32)29(38)21-37(27-18-10-17-26(33)30(27)34)42(40,41)24-14-6-3-7-15-24/h2-18,28H,19-21H2,1H3,(H,35,39). The first kappa shape index (κ1) is 31.4. The smallest absolute Gasteiger partial charge is 0.264 e. The molecule has 4 aromatic carbocycles. The van der Waals surface area contributed by atoms with Crippen LogP contribution in [0.4, 0.5) is 5.69 Å². The van der Waals surface area contributed by atoms with Crippen molar-refractivity contribution in [2.45, 2.75) is 23.9 Å². The second-order valence-corrected chi connectivity index (χ2v) is 12.4. The van der Waals surface area contributed by atoms with Crippen LogP contribution in [0.3, 0.4) is 0 Å². The Hall–Kier alpha value is -3.56. The van der Waals surface area contributed by atoms with Crippen molar-refractivity contribution in [3.8, 4) is 0 Å². The Kier molecular flexibility index (Phi) is 10.5. The highest BCUT2D eigenvalue weighted by atomic mass is 35.5. The van der Waals surface area contributed by atoms with E-state index in [9.17, 15) is 18.0 Å². The van der Waals surface area contributed by atoms with Crippen LogP contribution >= 0.6 is 34.8 Å². The summed E-state index contributed by atoms with van der Waals surface area (Å²) >= 11 is 19.2. The summed E-state index contributed by atoms with van der Waals surface area (Å²) in [5.41, 5.74) is 1.43. The van der Waals surface area contributed by atoms with Crippen molar-refractivity contribution >= 4 is 62.3 Å². The summed E-state index contributed by atoms with van der Waals surface area (Å²) in [5.74, 6) is -1.06. The summed E-state index contributed by atoms with van der Waals surface area (Å²) < 4.78 is 28.9. The molecule has 0 aliphatic heterocycles. The first-order valence-corrected chi connectivity index (χ1v) is 15.5. The molecule has 1 N–H and O–H groups in total. The van der Waals surface area contributed by atoms with Crippen molar-refractivity contribution in [3.05, 3.63) is 129 Å². The van der Waals surface area contributed by atoms with Crippen molar-refractivity contribution in [1.82, 2.24) is 10.2 Å². The topological polar surface area (TPSA) is 86.8 Å². The van der Waals surface area contributed by atoms with E-state index in [0.717, 1.165) is 9.87 Å². The molecule has 0 bridgehead atoms. The van der Waals surface area contributed by atoms with Crippen LogP contribution in [0.15, 0.2) is 108 Å². The predicted molar refractivity (Wildman–Crippen MR) is 167 cm³/mol. The molecule has 4 aromatic rings. The number of likely N-dealkylation sites (N-methyl/N-ethyl adjacent to an activating group) is 1. The van der Waals surface area contributed by atoms with Gasteiger partial charge in [-0.3, -0.25) is 13.9 Å². The summed E-state index contributed by atoms with van der Waals surface area (Å²) in [6.45, 7) is -0.712. The molecule has 0 aliphatic rings.